The number of hydrogen-bond donors (Lipinski definition) is 0. The van der Waals surface area contributed by atoms with Crippen LogP contribution in [0.3, 0.4) is 0 Å². The first kappa shape index (κ1) is 10.5. The molecule has 2 heteroatoms. The lowest BCUT2D eigenvalue weighted by Crippen LogP contribution is -1.98. The number of carbonyl (C=O) groups is 1. The van der Waals surface area contributed by atoms with E-state index in [9.17, 15) is 4.79 Å². The van der Waals surface area contributed by atoms with Crippen molar-refractivity contribution in [1.82, 2.24) is 0 Å². The second-order valence-electron chi connectivity index (χ2n) is 3.35. The lowest BCUT2D eigenvalue weighted by Gasteiger charge is -1.96. The lowest BCUT2D eigenvalue weighted by molar-refractivity contribution is -0.119. The minimum atomic E-state index is 0.395. The Hall–Kier alpha value is -0.630. The molecule has 0 aromatic carbocycles. The van der Waals surface area contributed by atoms with E-state index in [0.29, 0.717) is 12.2 Å². The van der Waals surface area contributed by atoms with Gasteiger partial charge in [0, 0.05) is 17.7 Å². The largest absolute Gasteiger partial charge is 0.300 e. The summed E-state index contributed by atoms with van der Waals surface area (Å²) in [6.45, 7) is 4.15. The number of ketones is 1. The van der Waals surface area contributed by atoms with Gasteiger partial charge in [-0.05, 0) is 36.8 Å². The minimum absolute atomic E-state index is 0.395. The van der Waals surface area contributed by atoms with Gasteiger partial charge in [0.05, 0.1) is 0 Å². The molecule has 0 bridgehead atoms. The molecule has 0 aliphatic rings. The maximum absolute atomic E-state index is 11.2. The molecule has 13 heavy (non-hydrogen) atoms. The van der Waals surface area contributed by atoms with E-state index in [1.807, 2.05) is 6.92 Å². The van der Waals surface area contributed by atoms with E-state index in [0.717, 1.165) is 19.3 Å². The van der Waals surface area contributed by atoms with E-state index in [4.69, 9.17) is 0 Å². The molecule has 1 rings (SSSR count). The van der Waals surface area contributed by atoms with Crippen LogP contribution in [0.5, 0.6) is 0 Å². The maximum atomic E-state index is 11.2. The molecule has 1 aromatic rings. The molecule has 0 fully saturated rings. The molecule has 0 spiro atoms. The van der Waals surface area contributed by atoms with Crippen LogP contribution >= 0.6 is 11.3 Å². The average molecular weight is 196 g/mol. The fourth-order valence-electron chi connectivity index (χ4n) is 1.32. The molecule has 1 heterocycles. The summed E-state index contributed by atoms with van der Waals surface area (Å²) in [5.74, 6) is 0.395. The molecule has 72 valence electrons. The number of carbonyl (C=O) groups excluding carboxylic acids is 1. The molecule has 0 aliphatic heterocycles. The van der Waals surface area contributed by atoms with E-state index in [1.165, 1.54) is 10.4 Å². The first-order valence-corrected chi connectivity index (χ1v) is 5.66. The van der Waals surface area contributed by atoms with Gasteiger partial charge >= 0.3 is 0 Å². The highest BCUT2D eigenvalue weighted by molar-refractivity contribution is 7.10. The first-order valence-electron chi connectivity index (χ1n) is 4.78. The molecule has 0 atom stereocenters. The highest BCUT2D eigenvalue weighted by Crippen LogP contribution is 2.15. The SMILES string of the molecule is CCCC(=O)CCc1csc(C)c1. The Balaban J connectivity index is 2.30. The number of aryl methyl sites for hydroxylation is 2. The summed E-state index contributed by atoms with van der Waals surface area (Å²) < 4.78 is 0. The van der Waals surface area contributed by atoms with Gasteiger partial charge < -0.3 is 0 Å². The topological polar surface area (TPSA) is 17.1 Å². The van der Waals surface area contributed by atoms with Gasteiger partial charge in [-0.3, -0.25) is 4.79 Å². The number of thiophene rings is 1. The van der Waals surface area contributed by atoms with Gasteiger partial charge in [-0.1, -0.05) is 6.92 Å². The van der Waals surface area contributed by atoms with Crippen LogP contribution in [-0.4, -0.2) is 5.78 Å². The van der Waals surface area contributed by atoms with Crippen LogP contribution in [0.2, 0.25) is 0 Å². The van der Waals surface area contributed by atoms with Gasteiger partial charge in [0.2, 0.25) is 0 Å². The normalized spacial score (nSPS) is 10.3. The summed E-state index contributed by atoms with van der Waals surface area (Å²) in [5.41, 5.74) is 1.31. The van der Waals surface area contributed by atoms with E-state index in [-0.39, 0.29) is 0 Å². The summed E-state index contributed by atoms with van der Waals surface area (Å²) in [6, 6.07) is 2.17. The monoisotopic (exact) mass is 196 g/mol. The van der Waals surface area contributed by atoms with Crippen molar-refractivity contribution in [2.45, 2.75) is 39.5 Å². The fraction of sp³-hybridized carbons (Fsp3) is 0.545. The average Bonchev–Trinajstić information content (AvgIpc) is 2.49. The molecule has 0 aliphatic carbocycles. The Bertz CT molecular complexity index is 275. The molecular formula is C11H16OS. The molecule has 1 nitrogen and oxygen atoms in total. The van der Waals surface area contributed by atoms with Crippen LogP contribution < -0.4 is 0 Å². The second-order valence-corrected chi connectivity index (χ2v) is 4.47. The Morgan fingerprint density at radius 3 is 2.77 bits per heavy atom. The number of hydrogen-bond acceptors (Lipinski definition) is 2. The molecule has 0 saturated carbocycles. The predicted molar refractivity (Wildman–Crippen MR) is 57.3 cm³/mol. The van der Waals surface area contributed by atoms with Gasteiger partial charge in [-0.15, -0.1) is 11.3 Å². The molecule has 1 aromatic heterocycles. The Labute approximate surface area is 83.8 Å². The summed E-state index contributed by atoms with van der Waals surface area (Å²) in [4.78, 5) is 12.6. The van der Waals surface area contributed by atoms with E-state index >= 15 is 0 Å². The molecule has 0 N–H and O–H groups in total. The van der Waals surface area contributed by atoms with Crippen molar-refractivity contribution >= 4 is 17.1 Å². The van der Waals surface area contributed by atoms with Crippen molar-refractivity contribution in [2.75, 3.05) is 0 Å². The van der Waals surface area contributed by atoms with Gasteiger partial charge in [-0.2, -0.15) is 0 Å². The van der Waals surface area contributed by atoms with Crippen LogP contribution in [0.4, 0.5) is 0 Å². The van der Waals surface area contributed by atoms with Crippen molar-refractivity contribution in [1.29, 1.82) is 0 Å². The van der Waals surface area contributed by atoms with Gasteiger partial charge in [-0.25, -0.2) is 0 Å². The summed E-state index contributed by atoms with van der Waals surface area (Å²) in [6.07, 6.45) is 3.35. The van der Waals surface area contributed by atoms with Crippen LogP contribution in [0.15, 0.2) is 11.4 Å². The molecule has 0 unspecified atom stereocenters. The van der Waals surface area contributed by atoms with Crippen molar-refractivity contribution in [3.8, 4) is 0 Å². The standard InChI is InChI=1S/C11H16OS/c1-3-4-11(12)6-5-10-7-9(2)13-8-10/h7-8H,3-6H2,1-2H3. The van der Waals surface area contributed by atoms with Gasteiger partial charge in [0.15, 0.2) is 0 Å². The Kier molecular flexibility index (Phi) is 4.16. The summed E-state index contributed by atoms with van der Waals surface area (Å²) in [7, 11) is 0. The first-order chi connectivity index (χ1) is 6.22. The number of rotatable bonds is 5. The maximum Gasteiger partial charge on any atom is 0.133 e. The van der Waals surface area contributed by atoms with E-state index < -0.39 is 0 Å². The van der Waals surface area contributed by atoms with Crippen molar-refractivity contribution in [3.05, 3.63) is 21.9 Å². The third kappa shape index (κ3) is 3.73. The zero-order chi connectivity index (χ0) is 9.68. The second kappa shape index (κ2) is 5.18. The minimum Gasteiger partial charge on any atom is -0.300 e. The van der Waals surface area contributed by atoms with Crippen molar-refractivity contribution in [3.63, 3.8) is 0 Å². The van der Waals surface area contributed by atoms with Crippen molar-refractivity contribution in [2.24, 2.45) is 0 Å². The smallest absolute Gasteiger partial charge is 0.133 e. The lowest BCUT2D eigenvalue weighted by atomic mass is 10.1. The molecule has 0 radical (unpaired) electrons. The zero-order valence-corrected chi connectivity index (χ0v) is 9.12. The van der Waals surface area contributed by atoms with Crippen LogP contribution in [-0.2, 0) is 11.2 Å². The quantitative estimate of drug-likeness (QED) is 0.705. The van der Waals surface area contributed by atoms with Gasteiger partial charge in [0.1, 0.15) is 5.78 Å². The Morgan fingerprint density at radius 2 is 2.23 bits per heavy atom. The molecular weight excluding hydrogens is 180 g/mol. The van der Waals surface area contributed by atoms with Crippen LogP contribution in [0.25, 0.3) is 0 Å². The number of Topliss-reactive ketones (excluding diaryl/α,β-unsaturated/α-hetero) is 1. The molecule has 0 saturated heterocycles. The van der Waals surface area contributed by atoms with Crippen LogP contribution in [0.1, 0.15) is 36.6 Å². The Morgan fingerprint density at radius 1 is 1.46 bits per heavy atom. The molecule has 0 amide bonds. The fourth-order valence-corrected chi connectivity index (χ4v) is 2.06. The predicted octanol–water partition coefficient (Wildman–Crippen LogP) is 3.36. The van der Waals surface area contributed by atoms with E-state index in [2.05, 4.69) is 18.4 Å². The summed E-state index contributed by atoms with van der Waals surface area (Å²) in [5, 5.41) is 2.15. The van der Waals surface area contributed by atoms with Crippen LogP contribution in [0, 0.1) is 6.92 Å². The highest BCUT2D eigenvalue weighted by atomic mass is 32.1. The highest BCUT2D eigenvalue weighted by Gasteiger charge is 2.02. The van der Waals surface area contributed by atoms with Crippen molar-refractivity contribution < 1.29 is 4.79 Å². The summed E-state index contributed by atoms with van der Waals surface area (Å²) >= 11 is 1.76. The third-order valence-electron chi connectivity index (χ3n) is 2.01. The zero-order valence-electron chi connectivity index (χ0n) is 8.30. The third-order valence-corrected chi connectivity index (χ3v) is 2.92. The van der Waals surface area contributed by atoms with E-state index in [1.54, 1.807) is 11.3 Å². The van der Waals surface area contributed by atoms with Gasteiger partial charge in [0.25, 0.3) is 0 Å².